The van der Waals surface area contributed by atoms with Crippen molar-refractivity contribution >= 4 is 8.80 Å². The predicted octanol–water partition coefficient (Wildman–Crippen LogP) is -0.682. The molecule has 0 spiro atoms. The molecule has 0 aromatic carbocycles. The number of halogens is 1. The van der Waals surface area contributed by atoms with Crippen molar-refractivity contribution in [1.82, 2.24) is 0 Å². The fraction of sp³-hybridized carbons (Fsp3) is 0.769. The van der Waals surface area contributed by atoms with Crippen LogP contribution >= 0.6 is 0 Å². The van der Waals surface area contributed by atoms with Gasteiger partial charge >= 0.3 is 15.2 Å². The highest BCUT2D eigenvalue weighted by Crippen LogP contribution is 2.18. The highest BCUT2D eigenvalue weighted by atomic mass is 127. The molecule has 0 unspecified atom stereocenters. The van der Waals surface area contributed by atoms with E-state index in [1.54, 1.807) is 12.7 Å². The number of hydrogen-bond acceptors (Lipinski definition) is 4. The summed E-state index contributed by atoms with van der Waals surface area (Å²) in [5.74, 6) is 0. The SMILES string of the molecule is CCO[Si](CCC[n+]1cocc1C)(OCC)OCC.[I-]. The lowest BCUT2D eigenvalue weighted by Gasteiger charge is -2.28. The molecule has 1 aromatic rings. The van der Waals surface area contributed by atoms with E-state index in [2.05, 4.69) is 4.57 Å². The van der Waals surface area contributed by atoms with Gasteiger partial charge in [0.05, 0.1) is 0 Å². The molecule has 0 aliphatic heterocycles. The highest BCUT2D eigenvalue weighted by Gasteiger charge is 2.40. The van der Waals surface area contributed by atoms with Gasteiger partial charge in [0, 0.05) is 39.2 Å². The molecule has 20 heavy (non-hydrogen) atoms. The van der Waals surface area contributed by atoms with Gasteiger partial charge in [0.15, 0.2) is 12.8 Å². The lowest BCUT2D eigenvalue weighted by atomic mass is 10.4. The minimum absolute atomic E-state index is 0. The fourth-order valence-corrected chi connectivity index (χ4v) is 4.64. The third-order valence-corrected chi connectivity index (χ3v) is 6.01. The van der Waals surface area contributed by atoms with E-state index >= 15 is 0 Å². The second-order valence-corrected chi connectivity index (χ2v) is 7.01. The van der Waals surface area contributed by atoms with Crippen molar-refractivity contribution in [3.8, 4) is 0 Å². The molecule has 0 radical (unpaired) electrons. The molecular formula is C13H26INO4Si. The maximum absolute atomic E-state index is 5.82. The molecule has 0 aliphatic carbocycles. The van der Waals surface area contributed by atoms with E-state index < -0.39 is 8.80 Å². The van der Waals surface area contributed by atoms with E-state index in [9.17, 15) is 0 Å². The fourth-order valence-electron chi connectivity index (χ4n) is 2.05. The molecule has 5 nitrogen and oxygen atoms in total. The quantitative estimate of drug-likeness (QED) is 0.289. The molecule has 1 heterocycles. The summed E-state index contributed by atoms with van der Waals surface area (Å²) in [5, 5.41) is 0. The van der Waals surface area contributed by atoms with Crippen LogP contribution in [0.5, 0.6) is 0 Å². The molecule has 0 saturated carbocycles. The standard InChI is InChI=1S/C13H26NO4Si.HI/c1-5-16-19(17-6-2,18-7-3)10-8-9-14-12-15-11-13(14)4;/h11-12H,5-10H2,1-4H3;1H/q+1;/p-1. The Hall–Kier alpha value is 0.0369. The minimum Gasteiger partial charge on any atom is -1.00 e. The van der Waals surface area contributed by atoms with Gasteiger partial charge in [-0.1, -0.05) is 0 Å². The van der Waals surface area contributed by atoms with Gasteiger partial charge in [0.2, 0.25) is 5.69 Å². The van der Waals surface area contributed by atoms with Crippen molar-refractivity contribution in [2.24, 2.45) is 0 Å². The first-order chi connectivity index (χ1) is 9.17. The third-order valence-electron chi connectivity index (χ3n) is 2.85. The molecule has 118 valence electrons. The van der Waals surface area contributed by atoms with Crippen LogP contribution in [0.3, 0.4) is 0 Å². The first-order valence-electron chi connectivity index (χ1n) is 7.01. The monoisotopic (exact) mass is 415 g/mol. The molecule has 0 atom stereocenters. The van der Waals surface area contributed by atoms with Crippen LogP contribution in [0.4, 0.5) is 0 Å². The number of aryl methyl sites for hydroxylation is 2. The summed E-state index contributed by atoms with van der Waals surface area (Å²) in [6.07, 6.45) is 4.44. The summed E-state index contributed by atoms with van der Waals surface area (Å²) >= 11 is 0. The van der Waals surface area contributed by atoms with Crippen LogP contribution in [0.25, 0.3) is 0 Å². The van der Waals surface area contributed by atoms with E-state index in [1.807, 2.05) is 27.7 Å². The van der Waals surface area contributed by atoms with E-state index in [4.69, 9.17) is 17.7 Å². The maximum atomic E-state index is 5.82. The van der Waals surface area contributed by atoms with Crippen molar-refractivity contribution in [3.63, 3.8) is 0 Å². The van der Waals surface area contributed by atoms with Gasteiger partial charge in [-0.3, -0.25) is 0 Å². The Kier molecular flexibility index (Phi) is 10.7. The highest BCUT2D eigenvalue weighted by molar-refractivity contribution is 6.60. The number of oxazole rings is 1. The zero-order valence-electron chi connectivity index (χ0n) is 12.9. The van der Waals surface area contributed by atoms with E-state index in [0.29, 0.717) is 19.8 Å². The first-order valence-corrected chi connectivity index (χ1v) is 8.94. The molecule has 1 aromatic heterocycles. The van der Waals surface area contributed by atoms with Gasteiger partial charge in [0.25, 0.3) is 0 Å². The van der Waals surface area contributed by atoms with Crippen LogP contribution in [0.1, 0.15) is 32.9 Å². The molecule has 0 saturated heterocycles. The van der Waals surface area contributed by atoms with Crippen LogP contribution in [0.15, 0.2) is 17.1 Å². The van der Waals surface area contributed by atoms with Crippen molar-refractivity contribution < 1.29 is 46.2 Å². The first kappa shape index (κ1) is 20.0. The predicted molar refractivity (Wildman–Crippen MR) is 73.7 cm³/mol. The summed E-state index contributed by atoms with van der Waals surface area (Å²) in [5.41, 5.74) is 1.12. The largest absolute Gasteiger partial charge is 1.00 e. The van der Waals surface area contributed by atoms with Crippen LogP contribution < -0.4 is 28.5 Å². The second kappa shape index (κ2) is 10.7. The average Bonchev–Trinajstić information content (AvgIpc) is 2.76. The van der Waals surface area contributed by atoms with Gasteiger partial charge in [-0.15, -0.1) is 0 Å². The van der Waals surface area contributed by atoms with Gasteiger partial charge in [-0.25, -0.2) is 0 Å². The topological polar surface area (TPSA) is 44.7 Å². The lowest BCUT2D eigenvalue weighted by Crippen LogP contribution is -3.00. The molecule has 0 aliphatic rings. The third kappa shape index (κ3) is 6.21. The van der Waals surface area contributed by atoms with Crippen LogP contribution in [-0.4, -0.2) is 28.6 Å². The summed E-state index contributed by atoms with van der Waals surface area (Å²) in [4.78, 5) is 0. The molecule has 0 N–H and O–H groups in total. The van der Waals surface area contributed by atoms with Crippen LogP contribution in [0, 0.1) is 6.92 Å². The number of aromatic nitrogens is 1. The van der Waals surface area contributed by atoms with Crippen molar-refractivity contribution in [2.45, 2.75) is 46.7 Å². The van der Waals surface area contributed by atoms with E-state index in [0.717, 1.165) is 24.7 Å². The zero-order chi connectivity index (χ0) is 14.1. The molecule has 0 amide bonds. The molecule has 0 fully saturated rings. The summed E-state index contributed by atoms with van der Waals surface area (Å²) in [6.45, 7) is 10.8. The Morgan fingerprint density at radius 2 is 1.65 bits per heavy atom. The minimum atomic E-state index is -2.49. The number of rotatable bonds is 10. The average molecular weight is 415 g/mol. The molecular weight excluding hydrogens is 389 g/mol. The van der Waals surface area contributed by atoms with Crippen molar-refractivity contribution in [2.75, 3.05) is 19.8 Å². The smallest absolute Gasteiger partial charge is 0.501 e. The van der Waals surface area contributed by atoms with Crippen molar-refractivity contribution in [1.29, 1.82) is 0 Å². The van der Waals surface area contributed by atoms with Crippen LogP contribution in [0.2, 0.25) is 6.04 Å². The Bertz CT molecular complexity index is 345. The van der Waals surface area contributed by atoms with Crippen molar-refractivity contribution in [3.05, 3.63) is 18.4 Å². The van der Waals surface area contributed by atoms with E-state index in [1.165, 1.54) is 0 Å². The number of hydrogen-bond donors (Lipinski definition) is 0. The Morgan fingerprint density at radius 1 is 1.10 bits per heavy atom. The maximum Gasteiger partial charge on any atom is 0.501 e. The molecule has 0 bridgehead atoms. The zero-order valence-corrected chi connectivity index (χ0v) is 16.0. The van der Waals surface area contributed by atoms with Gasteiger partial charge in [0.1, 0.15) is 0 Å². The van der Waals surface area contributed by atoms with Gasteiger partial charge in [-0.05, 0) is 20.8 Å². The Labute approximate surface area is 140 Å². The molecule has 7 heteroatoms. The normalized spacial score (nSPS) is 11.4. The Balaban J connectivity index is 0.00000361. The summed E-state index contributed by atoms with van der Waals surface area (Å²) in [7, 11) is -2.49. The van der Waals surface area contributed by atoms with E-state index in [-0.39, 0.29) is 24.0 Å². The van der Waals surface area contributed by atoms with Crippen LogP contribution in [-0.2, 0) is 19.8 Å². The molecule has 1 rings (SSSR count). The lowest BCUT2D eigenvalue weighted by molar-refractivity contribution is -0.705. The summed E-state index contributed by atoms with van der Waals surface area (Å²) in [6, 6.07) is 0.833. The second-order valence-electron chi connectivity index (χ2n) is 4.28. The Morgan fingerprint density at radius 3 is 2.05 bits per heavy atom. The number of nitrogens with zero attached hydrogens (tertiary/aromatic N) is 1. The summed E-state index contributed by atoms with van der Waals surface area (Å²) < 4.78 is 24.7. The van der Waals surface area contributed by atoms with Gasteiger partial charge in [-0.2, -0.15) is 4.57 Å². The van der Waals surface area contributed by atoms with Gasteiger partial charge < -0.3 is 41.7 Å².